The minimum Gasteiger partial charge on any atom is -0.396 e. The van der Waals surface area contributed by atoms with Crippen molar-refractivity contribution in [2.45, 2.75) is 25.6 Å². The van der Waals surface area contributed by atoms with Gasteiger partial charge >= 0.3 is 12.2 Å². The Labute approximate surface area is 112 Å². The second kappa shape index (κ2) is 6.56. The standard InChI is InChI=1S/C12H14F4N2O2/c1-7(4-5-19)17-11(20)18-8-2-3-10(13)9(6-8)12(14,15)16/h2-3,6-7,19H,4-5H2,1H3,(H2,17,18,20)/t7-/m1/s1. The number of rotatable bonds is 4. The number of hydrogen-bond donors (Lipinski definition) is 3. The quantitative estimate of drug-likeness (QED) is 0.748. The fraction of sp³-hybridized carbons (Fsp3) is 0.417. The zero-order valence-electron chi connectivity index (χ0n) is 10.6. The van der Waals surface area contributed by atoms with Crippen LogP contribution >= 0.6 is 0 Å². The van der Waals surface area contributed by atoms with Crippen molar-refractivity contribution < 1.29 is 27.5 Å². The number of aliphatic hydroxyl groups is 1. The number of amides is 2. The monoisotopic (exact) mass is 294 g/mol. The van der Waals surface area contributed by atoms with E-state index in [0.717, 1.165) is 6.07 Å². The molecule has 0 fully saturated rings. The molecule has 112 valence electrons. The van der Waals surface area contributed by atoms with Crippen LogP contribution in [0, 0.1) is 5.82 Å². The van der Waals surface area contributed by atoms with Gasteiger partial charge < -0.3 is 15.7 Å². The normalized spacial score (nSPS) is 12.9. The van der Waals surface area contributed by atoms with Gasteiger partial charge in [0.05, 0.1) is 5.56 Å². The average molecular weight is 294 g/mol. The first kappa shape index (κ1) is 16.2. The highest BCUT2D eigenvalue weighted by Crippen LogP contribution is 2.32. The molecule has 0 spiro atoms. The van der Waals surface area contributed by atoms with Crippen LogP contribution in [-0.4, -0.2) is 23.8 Å². The molecule has 0 aliphatic heterocycles. The number of halogens is 4. The van der Waals surface area contributed by atoms with Crippen molar-refractivity contribution >= 4 is 11.7 Å². The second-order valence-corrected chi connectivity index (χ2v) is 4.20. The molecule has 4 nitrogen and oxygen atoms in total. The Morgan fingerprint density at radius 2 is 2.05 bits per heavy atom. The maximum absolute atomic E-state index is 13.0. The molecule has 0 saturated heterocycles. The number of benzene rings is 1. The van der Waals surface area contributed by atoms with E-state index in [0.29, 0.717) is 18.6 Å². The van der Waals surface area contributed by atoms with E-state index < -0.39 is 23.6 Å². The van der Waals surface area contributed by atoms with Crippen LogP contribution in [0.25, 0.3) is 0 Å². The number of urea groups is 1. The molecule has 0 aliphatic rings. The molecule has 2 amide bonds. The smallest absolute Gasteiger partial charge is 0.396 e. The third kappa shape index (κ3) is 4.69. The van der Waals surface area contributed by atoms with Crippen LogP contribution in [0.3, 0.4) is 0 Å². The van der Waals surface area contributed by atoms with Gasteiger partial charge in [0, 0.05) is 18.3 Å². The summed E-state index contributed by atoms with van der Waals surface area (Å²) < 4.78 is 50.5. The van der Waals surface area contributed by atoms with E-state index >= 15 is 0 Å². The first-order valence-corrected chi connectivity index (χ1v) is 5.79. The fourth-order valence-electron chi connectivity index (χ4n) is 1.48. The summed E-state index contributed by atoms with van der Waals surface area (Å²) in [5, 5.41) is 13.2. The summed E-state index contributed by atoms with van der Waals surface area (Å²) in [5.41, 5.74) is -1.62. The predicted octanol–water partition coefficient (Wildman–Crippen LogP) is 2.74. The van der Waals surface area contributed by atoms with Gasteiger partial charge in [-0.15, -0.1) is 0 Å². The summed E-state index contributed by atoms with van der Waals surface area (Å²) in [4.78, 5) is 11.5. The van der Waals surface area contributed by atoms with Gasteiger partial charge in [-0.3, -0.25) is 0 Å². The van der Waals surface area contributed by atoms with Crippen LogP contribution < -0.4 is 10.6 Å². The lowest BCUT2D eigenvalue weighted by Crippen LogP contribution is -2.36. The second-order valence-electron chi connectivity index (χ2n) is 4.20. The molecule has 0 aliphatic carbocycles. The number of carbonyl (C=O) groups excluding carboxylic acids is 1. The molecule has 1 aromatic carbocycles. The van der Waals surface area contributed by atoms with Crippen molar-refractivity contribution in [3.63, 3.8) is 0 Å². The van der Waals surface area contributed by atoms with Crippen LogP contribution in [0.4, 0.5) is 28.0 Å². The van der Waals surface area contributed by atoms with Gasteiger partial charge in [-0.25, -0.2) is 9.18 Å². The predicted molar refractivity (Wildman–Crippen MR) is 64.7 cm³/mol. The number of carbonyl (C=O) groups is 1. The van der Waals surface area contributed by atoms with E-state index in [1.165, 1.54) is 0 Å². The SMILES string of the molecule is C[C@H](CCO)NC(=O)Nc1ccc(F)c(C(F)(F)F)c1. The number of anilines is 1. The van der Waals surface area contributed by atoms with Crippen molar-refractivity contribution in [1.82, 2.24) is 5.32 Å². The fourth-order valence-corrected chi connectivity index (χ4v) is 1.48. The molecule has 0 bridgehead atoms. The molecule has 0 saturated carbocycles. The Morgan fingerprint density at radius 1 is 1.40 bits per heavy atom. The van der Waals surface area contributed by atoms with E-state index in [4.69, 9.17) is 5.11 Å². The van der Waals surface area contributed by atoms with Gasteiger partial charge in [-0.2, -0.15) is 13.2 Å². The van der Waals surface area contributed by atoms with Crippen molar-refractivity contribution in [1.29, 1.82) is 0 Å². The average Bonchev–Trinajstić information content (AvgIpc) is 2.30. The van der Waals surface area contributed by atoms with Crippen molar-refractivity contribution in [2.24, 2.45) is 0 Å². The van der Waals surface area contributed by atoms with E-state index in [-0.39, 0.29) is 18.3 Å². The van der Waals surface area contributed by atoms with Crippen molar-refractivity contribution in [2.75, 3.05) is 11.9 Å². The van der Waals surface area contributed by atoms with Crippen molar-refractivity contribution in [3.05, 3.63) is 29.6 Å². The lowest BCUT2D eigenvalue weighted by atomic mass is 10.2. The highest BCUT2D eigenvalue weighted by Gasteiger charge is 2.34. The third-order valence-electron chi connectivity index (χ3n) is 2.47. The molecule has 3 N–H and O–H groups in total. The maximum atomic E-state index is 13.0. The molecule has 8 heteroatoms. The lowest BCUT2D eigenvalue weighted by Gasteiger charge is -2.14. The molecule has 1 rings (SSSR count). The zero-order valence-corrected chi connectivity index (χ0v) is 10.6. The summed E-state index contributed by atoms with van der Waals surface area (Å²) in [6.45, 7) is 1.50. The minimum atomic E-state index is -4.83. The summed E-state index contributed by atoms with van der Waals surface area (Å²) in [6.07, 6.45) is -4.52. The molecule has 0 radical (unpaired) electrons. The first-order chi connectivity index (χ1) is 9.24. The lowest BCUT2D eigenvalue weighted by molar-refractivity contribution is -0.139. The molecule has 0 aromatic heterocycles. The van der Waals surface area contributed by atoms with Crippen LogP contribution in [0.5, 0.6) is 0 Å². The Bertz CT molecular complexity index is 477. The van der Waals surface area contributed by atoms with Gasteiger partial charge in [0.2, 0.25) is 0 Å². The van der Waals surface area contributed by atoms with Crippen LogP contribution in [0.2, 0.25) is 0 Å². The summed E-state index contributed by atoms with van der Waals surface area (Å²) in [7, 11) is 0. The highest BCUT2D eigenvalue weighted by molar-refractivity contribution is 5.89. The van der Waals surface area contributed by atoms with E-state index in [1.54, 1.807) is 6.92 Å². The minimum absolute atomic E-state index is 0.129. The Balaban J connectivity index is 2.76. The van der Waals surface area contributed by atoms with Gasteiger partial charge in [-0.05, 0) is 31.5 Å². The Morgan fingerprint density at radius 3 is 2.60 bits per heavy atom. The molecule has 20 heavy (non-hydrogen) atoms. The Kier molecular flexibility index (Phi) is 5.32. The largest absolute Gasteiger partial charge is 0.419 e. The maximum Gasteiger partial charge on any atom is 0.419 e. The third-order valence-corrected chi connectivity index (χ3v) is 2.47. The van der Waals surface area contributed by atoms with Gasteiger partial charge in [0.1, 0.15) is 5.82 Å². The number of nitrogens with one attached hydrogen (secondary N) is 2. The van der Waals surface area contributed by atoms with E-state index in [9.17, 15) is 22.4 Å². The summed E-state index contributed by atoms with van der Waals surface area (Å²) in [5.74, 6) is -1.41. The molecule has 1 aromatic rings. The zero-order chi connectivity index (χ0) is 15.3. The van der Waals surface area contributed by atoms with Crippen LogP contribution in [0.15, 0.2) is 18.2 Å². The number of alkyl halides is 3. The molecule has 1 atom stereocenters. The van der Waals surface area contributed by atoms with Gasteiger partial charge in [-0.1, -0.05) is 0 Å². The van der Waals surface area contributed by atoms with Crippen LogP contribution in [0.1, 0.15) is 18.9 Å². The molecular formula is C12H14F4N2O2. The number of hydrogen-bond acceptors (Lipinski definition) is 2. The van der Waals surface area contributed by atoms with E-state index in [1.807, 2.05) is 0 Å². The first-order valence-electron chi connectivity index (χ1n) is 5.79. The Hall–Kier alpha value is -1.83. The number of aliphatic hydroxyl groups excluding tert-OH is 1. The van der Waals surface area contributed by atoms with Gasteiger partial charge in [0.15, 0.2) is 0 Å². The topological polar surface area (TPSA) is 61.4 Å². The van der Waals surface area contributed by atoms with Gasteiger partial charge in [0.25, 0.3) is 0 Å². The molecular weight excluding hydrogens is 280 g/mol. The summed E-state index contributed by atoms with van der Waals surface area (Å²) in [6, 6.07) is 1.11. The molecule has 0 heterocycles. The molecule has 0 unspecified atom stereocenters. The van der Waals surface area contributed by atoms with Crippen LogP contribution in [-0.2, 0) is 6.18 Å². The highest BCUT2D eigenvalue weighted by atomic mass is 19.4. The summed E-state index contributed by atoms with van der Waals surface area (Å²) >= 11 is 0. The van der Waals surface area contributed by atoms with E-state index in [2.05, 4.69) is 10.6 Å². The van der Waals surface area contributed by atoms with Crippen molar-refractivity contribution in [3.8, 4) is 0 Å².